The molecule has 0 bridgehead atoms. The van der Waals surface area contributed by atoms with Gasteiger partial charge in [0.2, 0.25) is 5.91 Å². The summed E-state index contributed by atoms with van der Waals surface area (Å²) in [5.74, 6) is 2.13. The molecule has 21 heavy (non-hydrogen) atoms. The zero-order valence-electron chi connectivity index (χ0n) is 11.5. The molecule has 1 amide bonds. The van der Waals surface area contributed by atoms with Crippen molar-refractivity contribution in [3.8, 4) is 18.4 Å². The lowest BCUT2D eigenvalue weighted by atomic mass is 10.1. The topological polar surface area (TPSA) is 57.8 Å². The number of aryl methyl sites for hydroxylation is 1. The Kier molecular flexibility index (Phi) is 4.79. The molecule has 0 aliphatic heterocycles. The number of rotatable bonds is 5. The standard InChI is InChI=1S/C17H15N3O/c1-2-11-19-17(21)9-8-14-13-20(12-5-10-18)16-7-4-3-6-15(14)16/h1,3-4,6-9,13H,5,11-12H2,(H,19,21)/b9-8+. The van der Waals surface area contributed by atoms with Gasteiger partial charge in [0.15, 0.2) is 0 Å². The summed E-state index contributed by atoms with van der Waals surface area (Å²) in [5, 5.41) is 12.4. The smallest absolute Gasteiger partial charge is 0.244 e. The first-order valence-corrected chi connectivity index (χ1v) is 6.60. The van der Waals surface area contributed by atoms with Gasteiger partial charge in [-0.15, -0.1) is 6.42 Å². The van der Waals surface area contributed by atoms with Crippen LogP contribution in [0.2, 0.25) is 0 Å². The Morgan fingerprint density at radius 1 is 1.43 bits per heavy atom. The van der Waals surface area contributed by atoms with Crippen molar-refractivity contribution in [1.82, 2.24) is 9.88 Å². The molecule has 4 nitrogen and oxygen atoms in total. The maximum atomic E-state index is 11.5. The highest BCUT2D eigenvalue weighted by atomic mass is 16.1. The van der Waals surface area contributed by atoms with Crippen LogP contribution in [-0.4, -0.2) is 17.0 Å². The number of benzene rings is 1. The Balaban J connectivity index is 2.28. The van der Waals surface area contributed by atoms with Crippen LogP contribution in [0.25, 0.3) is 17.0 Å². The number of carbonyl (C=O) groups is 1. The van der Waals surface area contributed by atoms with Gasteiger partial charge in [-0.2, -0.15) is 5.26 Å². The average Bonchev–Trinajstić information content (AvgIpc) is 2.87. The van der Waals surface area contributed by atoms with E-state index in [4.69, 9.17) is 11.7 Å². The van der Waals surface area contributed by atoms with Crippen LogP contribution in [0, 0.1) is 23.7 Å². The van der Waals surface area contributed by atoms with Crippen LogP contribution in [0.1, 0.15) is 12.0 Å². The minimum absolute atomic E-state index is 0.215. The molecule has 2 rings (SSSR count). The molecule has 2 aromatic rings. The van der Waals surface area contributed by atoms with Gasteiger partial charge in [0.05, 0.1) is 19.0 Å². The number of terminal acetylenes is 1. The third kappa shape index (κ3) is 3.52. The van der Waals surface area contributed by atoms with Gasteiger partial charge in [-0.1, -0.05) is 24.1 Å². The van der Waals surface area contributed by atoms with Crippen molar-refractivity contribution >= 4 is 22.9 Å². The summed E-state index contributed by atoms with van der Waals surface area (Å²) in [6.45, 7) is 0.848. The van der Waals surface area contributed by atoms with Gasteiger partial charge >= 0.3 is 0 Å². The monoisotopic (exact) mass is 277 g/mol. The molecule has 0 unspecified atom stereocenters. The number of nitriles is 1. The lowest BCUT2D eigenvalue weighted by Crippen LogP contribution is -2.20. The Labute approximate surface area is 123 Å². The number of fused-ring (bicyclic) bond motifs is 1. The molecular weight excluding hydrogens is 262 g/mol. The van der Waals surface area contributed by atoms with Crippen LogP contribution in [0.5, 0.6) is 0 Å². The van der Waals surface area contributed by atoms with Crippen LogP contribution < -0.4 is 5.32 Å². The van der Waals surface area contributed by atoms with Crippen molar-refractivity contribution in [2.75, 3.05) is 6.54 Å². The fourth-order valence-electron chi connectivity index (χ4n) is 2.13. The number of nitrogens with zero attached hydrogens (tertiary/aromatic N) is 2. The van der Waals surface area contributed by atoms with Gasteiger partial charge in [0.1, 0.15) is 0 Å². The van der Waals surface area contributed by atoms with E-state index in [0.29, 0.717) is 13.0 Å². The highest BCUT2D eigenvalue weighted by Crippen LogP contribution is 2.22. The molecule has 0 spiro atoms. The fourth-order valence-corrected chi connectivity index (χ4v) is 2.13. The Morgan fingerprint density at radius 3 is 3.00 bits per heavy atom. The van der Waals surface area contributed by atoms with Crippen LogP contribution >= 0.6 is 0 Å². The molecule has 0 atom stereocenters. The zero-order chi connectivity index (χ0) is 15.1. The second kappa shape index (κ2) is 6.98. The summed E-state index contributed by atoms with van der Waals surface area (Å²) in [4.78, 5) is 11.5. The maximum Gasteiger partial charge on any atom is 0.244 e. The summed E-state index contributed by atoms with van der Waals surface area (Å²) in [6.07, 6.45) is 10.7. The molecule has 1 heterocycles. The number of aromatic nitrogens is 1. The SMILES string of the molecule is C#CCNC(=O)/C=C/c1cn(CCC#N)c2ccccc12. The number of hydrogen-bond acceptors (Lipinski definition) is 2. The third-order valence-corrected chi connectivity index (χ3v) is 3.06. The van der Waals surface area contributed by atoms with Gasteiger partial charge in [-0.05, 0) is 12.1 Å². The number of amides is 1. The van der Waals surface area contributed by atoms with Crippen molar-refractivity contribution in [3.05, 3.63) is 42.1 Å². The van der Waals surface area contributed by atoms with E-state index >= 15 is 0 Å². The van der Waals surface area contributed by atoms with E-state index in [9.17, 15) is 4.79 Å². The number of carbonyl (C=O) groups excluding carboxylic acids is 1. The van der Waals surface area contributed by atoms with E-state index in [1.807, 2.05) is 35.0 Å². The van der Waals surface area contributed by atoms with Crippen molar-refractivity contribution in [2.45, 2.75) is 13.0 Å². The van der Waals surface area contributed by atoms with Gasteiger partial charge in [0, 0.05) is 35.3 Å². The first kappa shape index (κ1) is 14.4. The minimum Gasteiger partial charge on any atom is -0.346 e. The second-order valence-corrected chi connectivity index (χ2v) is 4.46. The molecule has 0 radical (unpaired) electrons. The average molecular weight is 277 g/mol. The van der Waals surface area contributed by atoms with E-state index < -0.39 is 0 Å². The molecule has 0 saturated carbocycles. The zero-order valence-corrected chi connectivity index (χ0v) is 11.5. The summed E-state index contributed by atoms with van der Waals surface area (Å²) in [7, 11) is 0. The van der Waals surface area contributed by atoms with Gasteiger partial charge in [-0.25, -0.2) is 0 Å². The predicted octanol–water partition coefficient (Wildman–Crippen LogP) is 2.32. The fraction of sp³-hybridized carbons (Fsp3) is 0.176. The number of nitrogens with one attached hydrogen (secondary N) is 1. The molecule has 1 aromatic carbocycles. The number of hydrogen-bond donors (Lipinski definition) is 1. The van der Waals surface area contributed by atoms with E-state index in [2.05, 4.69) is 17.3 Å². The number of para-hydroxylation sites is 1. The van der Waals surface area contributed by atoms with E-state index in [0.717, 1.165) is 16.5 Å². The predicted molar refractivity (Wildman–Crippen MR) is 83.0 cm³/mol. The first-order valence-electron chi connectivity index (χ1n) is 6.60. The summed E-state index contributed by atoms with van der Waals surface area (Å²) < 4.78 is 2.03. The summed E-state index contributed by atoms with van der Waals surface area (Å²) in [6, 6.07) is 10.0. The van der Waals surface area contributed by atoms with Gasteiger partial charge in [-0.3, -0.25) is 4.79 Å². The van der Waals surface area contributed by atoms with Gasteiger partial charge in [0.25, 0.3) is 0 Å². The molecule has 1 N–H and O–H groups in total. The van der Waals surface area contributed by atoms with Crippen LogP contribution in [0.3, 0.4) is 0 Å². The lowest BCUT2D eigenvalue weighted by molar-refractivity contribution is -0.116. The molecule has 0 saturated heterocycles. The molecule has 104 valence electrons. The summed E-state index contributed by atoms with van der Waals surface area (Å²) in [5.41, 5.74) is 2.00. The molecular formula is C17H15N3O. The van der Waals surface area contributed by atoms with Crippen LogP contribution in [0.15, 0.2) is 36.5 Å². The van der Waals surface area contributed by atoms with Crippen molar-refractivity contribution in [3.63, 3.8) is 0 Å². The second-order valence-electron chi connectivity index (χ2n) is 4.46. The van der Waals surface area contributed by atoms with Crippen LogP contribution in [-0.2, 0) is 11.3 Å². The lowest BCUT2D eigenvalue weighted by Gasteiger charge is -2.00. The Bertz CT molecular complexity index is 756. The highest BCUT2D eigenvalue weighted by Gasteiger charge is 2.05. The molecule has 4 heteroatoms. The Morgan fingerprint density at radius 2 is 2.24 bits per heavy atom. The molecule has 0 aliphatic carbocycles. The highest BCUT2D eigenvalue weighted by molar-refractivity contribution is 5.96. The maximum absolute atomic E-state index is 11.5. The van der Waals surface area contributed by atoms with E-state index in [-0.39, 0.29) is 12.5 Å². The quantitative estimate of drug-likeness (QED) is 0.673. The van der Waals surface area contributed by atoms with Crippen molar-refractivity contribution in [1.29, 1.82) is 5.26 Å². The first-order chi connectivity index (χ1) is 10.3. The largest absolute Gasteiger partial charge is 0.346 e. The third-order valence-electron chi connectivity index (χ3n) is 3.06. The summed E-state index contributed by atoms with van der Waals surface area (Å²) >= 11 is 0. The van der Waals surface area contributed by atoms with E-state index in [1.54, 1.807) is 6.08 Å². The van der Waals surface area contributed by atoms with Crippen molar-refractivity contribution < 1.29 is 4.79 Å². The van der Waals surface area contributed by atoms with Crippen LogP contribution in [0.4, 0.5) is 0 Å². The normalized spacial score (nSPS) is 10.4. The van der Waals surface area contributed by atoms with E-state index in [1.165, 1.54) is 6.08 Å². The molecule has 0 aliphatic rings. The Hall–Kier alpha value is -2.98. The van der Waals surface area contributed by atoms with Crippen molar-refractivity contribution in [2.24, 2.45) is 0 Å². The van der Waals surface area contributed by atoms with Gasteiger partial charge < -0.3 is 9.88 Å². The molecule has 0 fully saturated rings. The molecule has 1 aromatic heterocycles. The minimum atomic E-state index is -0.221.